The number of carbonyl (C=O) groups excluding carboxylic acids is 1. The topological polar surface area (TPSA) is 57.2 Å². The van der Waals surface area contributed by atoms with Crippen molar-refractivity contribution in [1.82, 2.24) is 15.1 Å². The van der Waals surface area contributed by atoms with E-state index < -0.39 is 0 Å². The van der Waals surface area contributed by atoms with Crippen molar-refractivity contribution in [1.29, 1.82) is 0 Å². The number of carbonyl (C=O) groups is 1. The maximum atomic E-state index is 12.0. The van der Waals surface area contributed by atoms with E-state index in [0.717, 1.165) is 42.7 Å². The Morgan fingerprint density at radius 3 is 2.54 bits per heavy atom. The zero-order chi connectivity index (χ0) is 19.1. The number of rotatable bonds is 5. The molecule has 6 nitrogen and oxygen atoms in total. The van der Waals surface area contributed by atoms with Crippen molar-refractivity contribution in [2.24, 2.45) is 16.8 Å². The number of nitrogens with one attached hydrogen (secondary N) is 1. The first-order chi connectivity index (χ1) is 12.4. The van der Waals surface area contributed by atoms with Crippen LogP contribution in [0.1, 0.15) is 25.8 Å². The molecule has 1 amide bonds. The Morgan fingerprint density at radius 1 is 1.27 bits per heavy atom. The number of likely N-dealkylation sites (N-methyl/N-ethyl adjacent to an activating group) is 1. The van der Waals surface area contributed by atoms with Gasteiger partial charge in [0.2, 0.25) is 5.91 Å². The van der Waals surface area contributed by atoms with Gasteiger partial charge in [0.05, 0.1) is 20.2 Å². The van der Waals surface area contributed by atoms with Crippen molar-refractivity contribution in [3.63, 3.8) is 0 Å². The van der Waals surface area contributed by atoms with Crippen LogP contribution in [0, 0.1) is 11.8 Å². The molecule has 1 saturated heterocycles. The molecule has 1 N–H and O–H groups in total. The zero-order valence-electron chi connectivity index (χ0n) is 16.7. The molecule has 1 fully saturated rings. The highest BCUT2D eigenvalue weighted by Gasteiger charge is 2.25. The van der Waals surface area contributed by atoms with Crippen LogP contribution < -0.4 is 10.1 Å². The number of guanidine groups is 1. The van der Waals surface area contributed by atoms with Gasteiger partial charge in [0.15, 0.2) is 5.96 Å². The van der Waals surface area contributed by atoms with Gasteiger partial charge in [-0.15, -0.1) is 0 Å². The number of hydrogen-bond donors (Lipinski definition) is 1. The second kappa shape index (κ2) is 9.46. The Kier molecular flexibility index (Phi) is 7.30. The second-order valence-electron chi connectivity index (χ2n) is 7.32. The van der Waals surface area contributed by atoms with Crippen LogP contribution >= 0.6 is 0 Å². The number of aliphatic imine (C=N–C) groups is 1. The molecule has 2 rings (SSSR count). The number of methoxy groups -OCH3 is 1. The molecular weight excluding hydrogens is 328 g/mol. The van der Waals surface area contributed by atoms with Gasteiger partial charge in [-0.1, -0.05) is 26.0 Å². The number of likely N-dealkylation sites (tertiary alicyclic amines) is 1. The second-order valence-corrected chi connectivity index (χ2v) is 7.32. The smallest absolute Gasteiger partial charge is 0.241 e. The SMILES string of the molecule is COc1ccc(CN=C(NCC(=O)N(C)C)N2CCC(C)C(C)C2)cc1. The van der Waals surface area contributed by atoms with Crippen molar-refractivity contribution in [3.05, 3.63) is 29.8 Å². The molecule has 0 saturated carbocycles. The van der Waals surface area contributed by atoms with E-state index in [9.17, 15) is 4.79 Å². The lowest BCUT2D eigenvalue weighted by Crippen LogP contribution is -2.50. The van der Waals surface area contributed by atoms with E-state index >= 15 is 0 Å². The van der Waals surface area contributed by atoms with Gasteiger partial charge in [-0.25, -0.2) is 4.99 Å². The summed E-state index contributed by atoms with van der Waals surface area (Å²) >= 11 is 0. The third-order valence-corrected chi connectivity index (χ3v) is 5.10. The normalized spacial score (nSPS) is 20.7. The molecule has 2 atom stereocenters. The van der Waals surface area contributed by atoms with Crippen molar-refractivity contribution in [2.45, 2.75) is 26.8 Å². The fourth-order valence-electron chi connectivity index (χ4n) is 2.93. The van der Waals surface area contributed by atoms with E-state index in [2.05, 4.69) is 24.1 Å². The molecule has 0 radical (unpaired) electrons. The molecule has 1 aliphatic heterocycles. The van der Waals surface area contributed by atoms with Gasteiger partial charge >= 0.3 is 0 Å². The van der Waals surface area contributed by atoms with Gasteiger partial charge in [-0.05, 0) is 36.0 Å². The van der Waals surface area contributed by atoms with Gasteiger partial charge < -0.3 is 19.9 Å². The van der Waals surface area contributed by atoms with Crippen molar-refractivity contribution >= 4 is 11.9 Å². The standard InChI is InChI=1S/C20H32N4O2/c1-15-10-11-24(14-16(15)2)20(22-13-19(25)23(3)4)21-12-17-6-8-18(26-5)9-7-17/h6-9,15-16H,10-14H2,1-5H3,(H,21,22). The quantitative estimate of drug-likeness (QED) is 0.646. The largest absolute Gasteiger partial charge is 0.497 e. The Hall–Kier alpha value is -2.24. The van der Waals surface area contributed by atoms with Gasteiger partial charge in [0.1, 0.15) is 5.75 Å². The molecule has 0 bridgehead atoms. The summed E-state index contributed by atoms with van der Waals surface area (Å²) in [5.41, 5.74) is 1.11. The highest BCUT2D eigenvalue weighted by molar-refractivity contribution is 5.86. The number of amides is 1. The van der Waals surface area contributed by atoms with E-state index in [-0.39, 0.29) is 12.5 Å². The number of ether oxygens (including phenoxy) is 1. The average molecular weight is 361 g/mol. The summed E-state index contributed by atoms with van der Waals surface area (Å²) < 4.78 is 5.20. The minimum atomic E-state index is 0.0422. The summed E-state index contributed by atoms with van der Waals surface area (Å²) in [6, 6.07) is 7.92. The summed E-state index contributed by atoms with van der Waals surface area (Å²) in [5.74, 6) is 3.03. The lowest BCUT2D eigenvalue weighted by Gasteiger charge is -2.37. The van der Waals surface area contributed by atoms with Crippen molar-refractivity contribution < 1.29 is 9.53 Å². The van der Waals surface area contributed by atoms with Gasteiger partial charge in [-0.2, -0.15) is 0 Å². The molecular formula is C20H32N4O2. The van der Waals surface area contributed by atoms with E-state index in [1.54, 1.807) is 26.1 Å². The number of nitrogens with zero attached hydrogens (tertiary/aromatic N) is 3. The van der Waals surface area contributed by atoms with Gasteiger partial charge in [-0.3, -0.25) is 4.79 Å². The lowest BCUT2D eigenvalue weighted by molar-refractivity contribution is -0.127. The van der Waals surface area contributed by atoms with Gasteiger partial charge in [0.25, 0.3) is 0 Å². The zero-order valence-corrected chi connectivity index (χ0v) is 16.7. The summed E-state index contributed by atoms with van der Waals surface area (Å²) in [6.45, 7) is 7.35. The van der Waals surface area contributed by atoms with E-state index in [4.69, 9.17) is 9.73 Å². The van der Waals surface area contributed by atoms with Crippen LogP contribution in [0.2, 0.25) is 0 Å². The maximum absolute atomic E-state index is 12.0. The molecule has 0 aromatic heterocycles. The van der Waals surface area contributed by atoms with Crippen LogP contribution in [0.3, 0.4) is 0 Å². The Bertz CT molecular complexity index is 613. The first-order valence-corrected chi connectivity index (χ1v) is 9.27. The molecule has 26 heavy (non-hydrogen) atoms. The van der Waals surface area contributed by atoms with Crippen LogP contribution in [0.15, 0.2) is 29.3 Å². The molecule has 2 unspecified atom stereocenters. The minimum Gasteiger partial charge on any atom is -0.497 e. The predicted molar refractivity (Wildman–Crippen MR) is 105 cm³/mol. The number of benzene rings is 1. The summed E-state index contributed by atoms with van der Waals surface area (Å²) in [5, 5.41) is 3.26. The monoisotopic (exact) mass is 360 g/mol. The fraction of sp³-hybridized carbons (Fsp3) is 0.600. The van der Waals surface area contributed by atoms with Crippen LogP contribution in [-0.4, -0.2) is 62.5 Å². The Labute approximate surface area is 157 Å². The molecule has 6 heteroatoms. The van der Waals surface area contributed by atoms with Crippen LogP contribution in [0.5, 0.6) is 5.75 Å². The van der Waals surface area contributed by atoms with Crippen LogP contribution in [-0.2, 0) is 11.3 Å². The maximum Gasteiger partial charge on any atom is 0.241 e. The summed E-state index contributed by atoms with van der Waals surface area (Å²) in [4.78, 5) is 20.6. The number of hydrogen-bond acceptors (Lipinski definition) is 3. The minimum absolute atomic E-state index is 0.0422. The molecule has 144 valence electrons. The average Bonchev–Trinajstić information content (AvgIpc) is 2.64. The van der Waals surface area contributed by atoms with E-state index in [1.165, 1.54) is 0 Å². The molecule has 1 aliphatic rings. The van der Waals surface area contributed by atoms with Gasteiger partial charge in [0, 0.05) is 27.2 Å². The predicted octanol–water partition coefficient (Wildman–Crippen LogP) is 2.21. The van der Waals surface area contributed by atoms with Crippen LogP contribution in [0.4, 0.5) is 0 Å². The van der Waals surface area contributed by atoms with Crippen molar-refractivity contribution in [3.8, 4) is 5.75 Å². The first kappa shape index (κ1) is 20.1. The van der Waals surface area contributed by atoms with E-state index in [1.807, 2.05) is 24.3 Å². The third kappa shape index (κ3) is 5.64. The summed E-state index contributed by atoms with van der Waals surface area (Å²) in [7, 11) is 5.20. The molecule has 0 aliphatic carbocycles. The highest BCUT2D eigenvalue weighted by Crippen LogP contribution is 2.22. The van der Waals surface area contributed by atoms with E-state index in [0.29, 0.717) is 12.5 Å². The molecule has 1 aromatic carbocycles. The van der Waals surface area contributed by atoms with Crippen molar-refractivity contribution in [2.75, 3.05) is 40.8 Å². The molecule has 1 aromatic rings. The first-order valence-electron chi connectivity index (χ1n) is 9.27. The highest BCUT2D eigenvalue weighted by atomic mass is 16.5. The number of piperidine rings is 1. The molecule has 1 heterocycles. The lowest BCUT2D eigenvalue weighted by atomic mass is 9.89. The third-order valence-electron chi connectivity index (χ3n) is 5.10. The molecule has 0 spiro atoms. The fourth-order valence-corrected chi connectivity index (χ4v) is 2.93. The Balaban J connectivity index is 2.08. The Morgan fingerprint density at radius 2 is 1.96 bits per heavy atom. The summed E-state index contributed by atoms with van der Waals surface area (Å²) in [6.07, 6.45) is 1.14. The van der Waals surface area contributed by atoms with Crippen LogP contribution in [0.25, 0.3) is 0 Å².